The highest BCUT2D eigenvalue weighted by Crippen LogP contribution is 2.32. The van der Waals surface area contributed by atoms with Gasteiger partial charge in [-0.2, -0.15) is 18.3 Å². The number of hydrogen-bond donors (Lipinski definition) is 3. The Labute approximate surface area is 208 Å². The average Bonchev–Trinajstić information content (AvgIpc) is 3.25. The van der Waals surface area contributed by atoms with Gasteiger partial charge in [-0.05, 0) is 42.0 Å². The fourth-order valence-electron chi connectivity index (χ4n) is 3.78. The molecule has 0 aliphatic rings. The van der Waals surface area contributed by atoms with E-state index in [9.17, 15) is 18.0 Å². The number of carbonyl (C=O) groups is 1. The summed E-state index contributed by atoms with van der Waals surface area (Å²) in [7, 11) is 0. The van der Waals surface area contributed by atoms with Gasteiger partial charge in [0.15, 0.2) is 5.65 Å². The first-order valence-electron chi connectivity index (χ1n) is 11.0. The van der Waals surface area contributed by atoms with Gasteiger partial charge in [-0.15, -0.1) is 0 Å². The number of amides is 1. The standard InChI is InChI=1S/C25H19F3N8O/c26-25(27,28)17-9-10-31-19(11-17)34-24(37)16-5-3-15(4-6-16)21-20-22(30)32-13-33-23(20)36(35-21)12-14-1-7-18(29)8-2-14/h1-11,13H,12,29H2,(H2,30,32,33)(H,31,34,37). The van der Waals surface area contributed by atoms with Crippen molar-refractivity contribution in [2.75, 3.05) is 16.8 Å². The van der Waals surface area contributed by atoms with Crippen molar-refractivity contribution in [3.8, 4) is 11.3 Å². The van der Waals surface area contributed by atoms with Gasteiger partial charge in [-0.25, -0.2) is 19.6 Å². The summed E-state index contributed by atoms with van der Waals surface area (Å²) < 4.78 is 40.5. The van der Waals surface area contributed by atoms with E-state index >= 15 is 0 Å². The topological polar surface area (TPSA) is 138 Å². The lowest BCUT2D eigenvalue weighted by atomic mass is 10.1. The SMILES string of the molecule is Nc1ccc(Cn2nc(-c3ccc(C(=O)Nc4cc(C(F)(F)F)ccn4)cc3)c3c(N)ncnc32)cc1. The van der Waals surface area contributed by atoms with Gasteiger partial charge in [0.25, 0.3) is 5.91 Å². The third kappa shape index (κ3) is 4.89. The van der Waals surface area contributed by atoms with Crippen LogP contribution in [0.25, 0.3) is 22.3 Å². The first-order chi connectivity index (χ1) is 17.7. The Kier molecular flexibility index (Phi) is 5.91. The number of aromatic nitrogens is 5. The Morgan fingerprint density at radius 1 is 0.946 bits per heavy atom. The van der Waals surface area contributed by atoms with E-state index in [1.807, 2.05) is 12.1 Å². The summed E-state index contributed by atoms with van der Waals surface area (Å²) in [5, 5.41) is 7.64. The molecule has 0 saturated heterocycles. The number of nitrogens with two attached hydrogens (primary N) is 2. The van der Waals surface area contributed by atoms with Crippen LogP contribution in [0.15, 0.2) is 73.2 Å². The van der Waals surface area contributed by atoms with E-state index < -0.39 is 17.6 Å². The second kappa shape index (κ2) is 9.22. The molecule has 3 aromatic heterocycles. The maximum atomic E-state index is 12.9. The number of carbonyl (C=O) groups excluding carboxylic acids is 1. The van der Waals surface area contributed by atoms with Crippen LogP contribution in [0.5, 0.6) is 0 Å². The number of hydrogen-bond acceptors (Lipinski definition) is 7. The van der Waals surface area contributed by atoms with E-state index in [4.69, 9.17) is 16.6 Å². The number of anilines is 3. The molecule has 0 atom stereocenters. The Morgan fingerprint density at radius 2 is 1.68 bits per heavy atom. The molecule has 5 N–H and O–H groups in total. The van der Waals surface area contributed by atoms with Gasteiger partial charge in [0.05, 0.1) is 17.5 Å². The first kappa shape index (κ1) is 23.7. The summed E-state index contributed by atoms with van der Waals surface area (Å²) in [6.45, 7) is 0.414. The fourth-order valence-corrected chi connectivity index (χ4v) is 3.78. The second-order valence-electron chi connectivity index (χ2n) is 8.16. The highest BCUT2D eigenvalue weighted by atomic mass is 19.4. The molecule has 0 fully saturated rings. The van der Waals surface area contributed by atoms with Crippen molar-refractivity contribution in [1.82, 2.24) is 24.7 Å². The predicted molar refractivity (Wildman–Crippen MR) is 132 cm³/mol. The van der Waals surface area contributed by atoms with Crippen LogP contribution in [0, 0.1) is 0 Å². The van der Waals surface area contributed by atoms with Crippen molar-refractivity contribution in [3.05, 3.63) is 89.9 Å². The van der Waals surface area contributed by atoms with Crippen LogP contribution in [0.2, 0.25) is 0 Å². The van der Waals surface area contributed by atoms with Gasteiger partial charge < -0.3 is 16.8 Å². The monoisotopic (exact) mass is 504 g/mol. The summed E-state index contributed by atoms with van der Waals surface area (Å²) in [5.74, 6) is -0.567. The summed E-state index contributed by atoms with van der Waals surface area (Å²) in [5.41, 5.74) is 14.6. The number of halogens is 3. The summed E-state index contributed by atoms with van der Waals surface area (Å²) in [6, 6.07) is 15.4. The number of alkyl halides is 3. The molecule has 5 aromatic rings. The lowest BCUT2D eigenvalue weighted by molar-refractivity contribution is -0.137. The van der Waals surface area contributed by atoms with Gasteiger partial charge in [-0.1, -0.05) is 24.3 Å². The highest BCUT2D eigenvalue weighted by Gasteiger charge is 2.31. The maximum Gasteiger partial charge on any atom is 0.416 e. The zero-order valence-corrected chi connectivity index (χ0v) is 19.1. The largest absolute Gasteiger partial charge is 0.416 e. The third-order valence-corrected chi connectivity index (χ3v) is 5.62. The molecule has 5 rings (SSSR count). The van der Waals surface area contributed by atoms with E-state index in [0.29, 0.717) is 34.5 Å². The number of rotatable bonds is 5. The van der Waals surface area contributed by atoms with Gasteiger partial charge in [0.2, 0.25) is 0 Å². The number of nitrogen functional groups attached to an aromatic ring is 2. The molecular formula is C25H19F3N8O. The van der Waals surface area contributed by atoms with Crippen LogP contribution in [-0.4, -0.2) is 30.6 Å². The molecule has 0 bridgehead atoms. The minimum atomic E-state index is -4.55. The number of fused-ring (bicyclic) bond motifs is 1. The Hall–Kier alpha value is -5.00. The molecule has 0 spiro atoms. The predicted octanol–water partition coefficient (Wildman–Crippen LogP) is 4.37. The molecule has 3 heterocycles. The first-order valence-corrected chi connectivity index (χ1v) is 11.0. The summed E-state index contributed by atoms with van der Waals surface area (Å²) in [4.78, 5) is 24.8. The minimum Gasteiger partial charge on any atom is -0.399 e. The van der Waals surface area contributed by atoms with Crippen LogP contribution in [0.1, 0.15) is 21.5 Å². The molecule has 0 saturated carbocycles. The van der Waals surface area contributed by atoms with E-state index in [1.54, 1.807) is 28.9 Å². The van der Waals surface area contributed by atoms with Gasteiger partial charge in [-0.3, -0.25) is 4.79 Å². The molecule has 0 unspecified atom stereocenters. The van der Waals surface area contributed by atoms with Crippen LogP contribution in [0.4, 0.5) is 30.5 Å². The summed E-state index contributed by atoms with van der Waals surface area (Å²) in [6.07, 6.45) is -2.20. The van der Waals surface area contributed by atoms with Crippen LogP contribution in [0.3, 0.4) is 0 Å². The molecule has 0 radical (unpaired) electrons. The zero-order chi connectivity index (χ0) is 26.2. The zero-order valence-electron chi connectivity index (χ0n) is 19.1. The van der Waals surface area contributed by atoms with Crippen LogP contribution in [-0.2, 0) is 12.7 Å². The Morgan fingerprint density at radius 3 is 2.38 bits per heavy atom. The smallest absolute Gasteiger partial charge is 0.399 e. The average molecular weight is 504 g/mol. The molecule has 0 aliphatic carbocycles. The number of benzene rings is 2. The molecule has 2 aromatic carbocycles. The molecule has 9 nitrogen and oxygen atoms in total. The number of nitrogens with one attached hydrogen (secondary N) is 1. The van der Waals surface area contributed by atoms with Crippen molar-refractivity contribution in [1.29, 1.82) is 0 Å². The van der Waals surface area contributed by atoms with Crippen LogP contribution >= 0.6 is 0 Å². The van der Waals surface area contributed by atoms with E-state index in [1.165, 1.54) is 18.5 Å². The van der Waals surface area contributed by atoms with E-state index in [2.05, 4.69) is 20.3 Å². The maximum absolute atomic E-state index is 12.9. The number of nitrogens with zero attached hydrogens (tertiary/aromatic N) is 5. The van der Waals surface area contributed by atoms with Gasteiger partial charge >= 0.3 is 6.18 Å². The molecule has 0 aliphatic heterocycles. The lowest BCUT2D eigenvalue weighted by Crippen LogP contribution is -2.14. The molecule has 186 valence electrons. The fraction of sp³-hybridized carbons (Fsp3) is 0.0800. The Bertz CT molecular complexity index is 1600. The molecule has 37 heavy (non-hydrogen) atoms. The quantitative estimate of drug-likeness (QED) is 0.302. The molecule has 1 amide bonds. The van der Waals surface area contributed by atoms with Crippen molar-refractivity contribution in [3.63, 3.8) is 0 Å². The molecular weight excluding hydrogens is 485 g/mol. The number of pyridine rings is 1. The highest BCUT2D eigenvalue weighted by molar-refractivity contribution is 6.04. The van der Waals surface area contributed by atoms with E-state index in [-0.39, 0.29) is 17.2 Å². The lowest BCUT2D eigenvalue weighted by Gasteiger charge is -2.09. The van der Waals surface area contributed by atoms with E-state index in [0.717, 1.165) is 23.9 Å². The van der Waals surface area contributed by atoms with Gasteiger partial charge in [0, 0.05) is 23.0 Å². The van der Waals surface area contributed by atoms with Crippen LogP contribution < -0.4 is 16.8 Å². The Balaban J connectivity index is 1.43. The van der Waals surface area contributed by atoms with Crippen molar-refractivity contribution in [2.45, 2.75) is 12.7 Å². The van der Waals surface area contributed by atoms with Crippen molar-refractivity contribution in [2.24, 2.45) is 0 Å². The third-order valence-electron chi connectivity index (χ3n) is 5.62. The molecule has 12 heteroatoms. The summed E-state index contributed by atoms with van der Waals surface area (Å²) >= 11 is 0. The normalized spacial score (nSPS) is 11.5. The van der Waals surface area contributed by atoms with Gasteiger partial charge in [0.1, 0.15) is 23.7 Å². The van der Waals surface area contributed by atoms with Crippen molar-refractivity contribution >= 4 is 34.3 Å². The second-order valence-corrected chi connectivity index (χ2v) is 8.16. The minimum absolute atomic E-state index is 0.207. The van der Waals surface area contributed by atoms with Crippen molar-refractivity contribution < 1.29 is 18.0 Å².